The quantitative estimate of drug-likeness (QED) is 0.676. The summed E-state index contributed by atoms with van der Waals surface area (Å²) in [7, 11) is 0. The van der Waals surface area contributed by atoms with Crippen molar-refractivity contribution in [2.24, 2.45) is 5.92 Å². The van der Waals surface area contributed by atoms with Crippen LogP contribution in [0.4, 0.5) is 4.79 Å². The molecule has 1 aliphatic rings. The van der Waals surface area contributed by atoms with Gasteiger partial charge in [-0.3, -0.25) is 0 Å². The number of carboxylic acid groups (broad SMARTS) is 1. The number of hydrogen-bond acceptors (Lipinski definition) is 2. The Bertz CT molecular complexity index is 331. The minimum Gasteiger partial charge on any atom is -0.480 e. The molecule has 94 valence electrons. The molecule has 0 bridgehead atoms. The molecule has 0 spiro atoms. The second-order valence-electron chi connectivity index (χ2n) is 4.23. The molecule has 0 aliphatic heterocycles. The molecule has 1 aliphatic carbocycles. The lowest BCUT2D eigenvalue weighted by Crippen LogP contribution is -2.48. The molecule has 1 saturated carbocycles. The molecule has 2 amide bonds. The van der Waals surface area contributed by atoms with Crippen LogP contribution in [0.5, 0.6) is 0 Å². The number of carbonyl (C=O) groups excluding carboxylic acids is 1. The Morgan fingerprint density at radius 1 is 1.59 bits per heavy atom. The first-order chi connectivity index (χ1) is 8.08. The lowest BCUT2D eigenvalue weighted by Gasteiger charge is -2.23. The van der Waals surface area contributed by atoms with Crippen LogP contribution >= 0.6 is 0 Å². The van der Waals surface area contributed by atoms with Crippen LogP contribution in [0.15, 0.2) is 0 Å². The fourth-order valence-electron chi connectivity index (χ4n) is 1.53. The molecule has 2 N–H and O–H groups in total. The number of rotatable bonds is 6. The lowest BCUT2D eigenvalue weighted by atomic mass is 10.2. The van der Waals surface area contributed by atoms with Crippen molar-refractivity contribution in [3.05, 3.63) is 0 Å². The summed E-state index contributed by atoms with van der Waals surface area (Å²) in [6.45, 7) is 3.15. The van der Waals surface area contributed by atoms with Crippen molar-refractivity contribution in [2.45, 2.75) is 32.2 Å². The summed E-state index contributed by atoms with van der Waals surface area (Å²) in [5, 5.41) is 11.3. The third-order valence-corrected chi connectivity index (χ3v) is 2.76. The predicted molar refractivity (Wildman–Crippen MR) is 63.4 cm³/mol. The molecule has 0 aromatic rings. The maximum Gasteiger partial charge on any atom is 0.327 e. The summed E-state index contributed by atoms with van der Waals surface area (Å²) < 4.78 is 0. The van der Waals surface area contributed by atoms with E-state index in [0.717, 1.165) is 12.8 Å². The number of hydrogen-bond donors (Lipinski definition) is 2. The van der Waals surface area contributed by atoms with E-state index in [1.165, 1.54) is 0 Å². The Hall–Kier alpha value is -1.70. The highest BCUT2D eigenvalue weighted by Gasteiger charge is 2.27. The first kappa shape index (κ1) is 13.4. The molecule has 1 unspecified atom stereocenters. The highest BCUT2D eigenvalue weighted by Crippen LogP contribution is 2.29. The van der Waals surface area contributed by atoms with Crippen molar-refractivity contribution in [1.29, 1.82) is 0 Å². The molecular weight excluding hydrogens is 220 g/mol. The summed E-state index contributed by atoms with van der Waals surface area (Å²) in [6.07, 6.45) is 7.36. The third-order valence-electron chi connectivity index (χ3n) is 2.76. The molecule has 0 heterocycles. The SMILES string of the molecule is C#CCC(NC(=O)N(CC)CC1CC1)C(=O)O. The lowest BCUT2D eigenvalue weighted by molar-refractivity contribution is -0.139. The fraction of sp³-hybridized carbons (Fsp3) is 0.667. The molecular formula is C12H18N2O3. The molecule has 17 heavy (non-hydrogen) atoms. The van der Waals surface area contributed by atoms with Crippen LogP contribution in [0.3, 0.4) is 0 Å². The van der Waals surface area contributed by atoms with E-state index in [0.29, 0.717) is 19.0 Å². The number of aliphatic carboxylic acids is 1. The first-order valence-corrected chi connectivity index (χ1v) is 5.80. The van der Waals surface area contributed by atoms with Gasteiger partial charge in [-0.15, -0.1) is 12.3 Å². The maximum atomic E-state index is 11.8. The Kier molecular flexibility index (Phi) is 4.83. The van der Waals surface area contributed by atoms with Crippen LogP contribution in [-0.4, -0.2) is 41.1 Å². The van der Waals surface area contributed by atoms with Gasteiger partial charge in [-0.05, 0) is 25.7 Å². The second-order valence-corrected chi connectivity index (χ2v) is 4.23. The zero-order chi connectivity index (χ0) is 12.8. The van der Waals surface area contributed by atoms with Crippen molar-refractivity contribution in [3.63, 3.8) is 0 Å². The van der Waals surface area contributed by atoms with E-state index in [-0.39, 0.29) is 12.5 Å². The molecule has 5 heteroatoms. The van der Waals surface area contributed by atoms with E-state index in [1.54, 1.807) is 4.90 Å². The minimum absolute atomic E-state index is 0.00204. The van der Waals surface area contributed by atoms with Crippen LogP contribution in [0.1, 0.15) is 26.2 Å². The molecule has 5 nitrogen and oxygen atoms in total. The monoisotopic (exact) mass is 238 g/mol. The Morgan fingerprint density at radius 2 is 2.24 bits per heavy atom. The number of carbonyl (C=O) groups is 2. The van der Waals surface area contributed by atoms with Gasteiger partial charge in [0.25, 0.3) is 0 Å². The largest absolute Gasteiger partial charge is 0.480 e. The van der Waals surface area contributed by atoms with Gasteiger partial charge in [0.15, 0.2) is 0 Å². The van der Waals surface area contributed by atoms with E-state index < -0.39 is 12.0 Å². The average molecular weight is 238 g/mol. The van der Waals surface area contributed by atoms with E-state index in [4.69, 9.17) is 11.5 Å². The Labute approximate surface area is 101 Å². The van der Waals surface area contributed by atoms with Gasteiger partial charge in [0.05, 0.1) is 0 Å². The van der Waals surface area contributed by atoms with Crippen molar-refractivity contribution in [2.75, 3.05) is 13.1 Å². The molecule has 1 fully saturated rings. The molecule has 1 rings (SSSR count). The summed E-state index contributed by atoms with van der Waals surface area (Å²) in [6, 6.07) is -1.34. The summed E-state index contributed by atoms with van der Waals surface area (Å²) >= 11 is 0. The minimum atomic E-state index is -1.10. The standard InChI is InChI=1S/C12H18N2O3/c1-3-5-10(11(15)16)13-12(17)14(4-2)8-9-6-7-9/h1,9-10H,4-8H2,2H3,(H,13,17)(H,15,16). The van der Waals surface area contributed by atoms with Gasteiger partial charge >= 0.3 is 12.0 Å². The van der Waals surface area contributed by atoms with Gasteiger partial charge in [-0.1, -0.05) is 0 Å². The van der Waals surface area contributed by atoms with E-state index in [1.807, 2.05) is 6.92 Å². The first-order valence-electron chi connectivity index (χ1n) is 5.80. The summed E-state index contributed by atoms with van der Waals surface area (Å²) in [5.74, 6) is 1.73. The van der Waals surface area contributed by atoms with Crippen molar-refractivity contribution in [3.8, 4) is 12.3 Å². The van der Waals surface area contributed by atoms with E-state index >= 15 is 0 Å². The smallest absolute Gasteiger partial charge is 0.327 e. The zero-order valence-electron chi connectivity index (χ0n) is 9.98. The van der Waals surface area contributed by atoms with Crippen molar-refractivity contribution < 1.29 is 14.7 Å². The normalized spacial score (nSPS) is 15.8. The number of urea groups is 1. The molecule has 0 saturated heterocycles. The number of nitrogens with zero attached hydrogens (tertiary/aromatic N) is 1. The number of nitrogens with one attached hydrogen (secondary N) is 1. The van der Waals surface area contributed by atoms with Crippen molar-refractivity contribution in [1.82, 2.24) is 10.2 Å². The molecule has 1 atom stereocenters. The van der Waals surface area contributed by atoms with Crippen molar-refractivity contribution >= 4 is 12.0 Å². The number of terminal acetylenes is 1. The van der Waals surface area contributed by atoms with Crippen LogP contribution in [0.2, 0.25) is 0 Å². The number of carboxylic acids is 1. The highest BCUT2D eigenvalue weighted by atomic mass is 16.4. The van der Waals surface area contributed by atoms with Gasteiger partial charge < -0.3 is 15.3 Å². The summed E-state index contributed by atoms with van der Waals surface area (Å²) in [5.41, 5.74) is 0. The maximum absolute atomic E-state index is 11.8. The predicted octanol–water partition coefficient (Wildman–Crippen LogP) is 0.904. The molecule has 0 aromatic heterocycles. The third kappa shape index (κ3) is 4.35. The van der Waals surface area contributed by atoms with Gasteiger partial charge in [0.2, 0.25) is 0 Å². The fourth-order valence-corrected chi connectivity index (χ4v) is 1.53. The average Bonchev–Trinajstić information content (AvgIpc) is 3.08. The van der Waals surface area contributed by atoms with Gasteiger partial charge in [0.1, 0.15) is 6.04 Å². The Balaban J connectivity index is 2.48. The topological polar surface area (TPSA) is 69.6 Å². The molecule has 0 aromatic carbocycles. The van der Waals surface area contributed by atoms with E-state index in [9.17, 15) is 9.59 Å². The van der Waals surface area contributed by atoms with Gasteiger partial charge in [0, 0.05) is 19.5 Å². The second kappa shape index (κ2) is 6.14. The van der Waals surface area contributed by atoms with Gasteiger partial charge in [-0.2, -0.15) is 0 Å². The van der Waals surface area contributed by atoms with E-state index in [2.05, 4.69) is 11.2 Å². The zero-order valence-corrected chi connectivity index (χ0v) is 9.98. The van der Waals surface area contributed by atoms with Crippen LogP contribution < -0.4 is 5.32 Å². The number of amides is 2. The summed E-state index contributed by atoms with van der Waals surface area (Å²) in [4.78, 5) is 24.3. The Morgan fingerprint density at radius 3 is 2.65 bits per heavy atom. The van der Waals surface area contributed by atoms with Crippen LogP contribution in [-0.2, 0) is 4.79 Å². The van der Waals surface area contributed by atoms with Crippen LogP contribution in [0.25, 0.3) is 0 Å². The van der Waals surface area contributed by atoms with Crippen LogP contribution in [0, 0.1) is 18.3 Å². The molecule has 0 radical (unpaired) electrons. The highest BCUT2D eigenvalue weighted by molar-refractivity contribution is 5.82. The van der Waals surface area contributed by atoms with Gasteiger partial charge in [-0.25, -0.2) is 9.59 Å².